The second-order valence-corrected chi connectivity index (χ2v) is 2.54. The van der Waals surface area contributed by atoms with Crippen LogP contribution in [0.2, 0.25) is 0 Å². The molecule has 72 valence electrons. The fourth-order valence-electron chi connectivity index (χ4n) is 0.945. The Morgan fingerprint density at radius 1 is 1.31 bits per heavy atom. The predicted octanol–water partition coefficient (Wildman–Crippen LogP) is 0.867. The van der Waals surface area contributed by atoms with E-state index in [1.807, 2.05) is 0 Å². The lowest BCUT2D eigenvalue weighted by molar-refractivity contribution is 0.0508. The largest absolute Gasteiger partial charge is 0.508 e. The van der Waals surface area contributed by atoms with Gasteiger partial charge in [0.25, 0.3) is 0 Å². The third-order valence-electron chi connectivity index (χ3n) is 1.48. The van der Waals surface area contributed by atoms with Gasteiger partial charge in [0, 0.05) is 13.2 Å². The van der Waals surface area contributed by atoms with Gasteiger partial charge in [-0.25, -0.2) is 0 Å². The van der Waals surface area contributed by atoms with Crippen LogP contribution < -0.4 is 4.74 Å². The van der Waals surface area contributed by atoms with Crippen molar-refractivity contribution in [2.75, 3.05) is 13.9 Å². The van der Waals surface area contributed by atoms with Crippen molar-refractivity contribution in [3.8, 4) is 11.5 Å². The highest BCUT2D eigenvalue weighted by Crippen LogP contribution is 2.21. The molecule has 0 fully saturated rings. The van der Waals surface area contributed by atoms with Gasteiger partial charge >= 0.3 is 0 Å². The molecule has 13 heavy (non-hydrogen) atoms. The summed E-state index contributed by atoms with van der Waals surface area (Å²) in [5.74, 6) is 0.545. The summed E-state index contributed by atoms with van der Waals surface area (Å²) in [5, 5.41) is 18.0. The Labute approximate surface area is 76.3 Å². The van der Waals surface area contributed by atoms with E-state index in [1.165, 1.54) is 19.2 Å². The van der Waals surface area contributed by atoms with Crippen LogP contribution in [0.4, 0.5) is 0 Å². The number of phenolic OH excluding ortho intramolecular Hbond substituents is 1. The normalized spacial score (nSPS) is 10.0. The van der Waals surface area contributed by atoms with E-state index in [2.05, 4.69) is 0 Å². The van der Waals surface area contributed by atoms with Crippen LogP contribution in [-0.4, -0.2) is 24.1 Å². The molecule has 0 heterocycles. The van der Waals surface area contributed by atoms with Crippen molar-refractivity contribution in [2.45, 2.75) is 6.61 Å². The van der Waals surface area contributed by atoms with Gasteiger partial charge in [0.1, 0.15) is 11.5 Å². The Hall–Kier alpha value is -1.26. The minimum absolute atomic E-state index is 0.0673. The predicted molar refractivity (Wildman–Crippen MR) is 46.5 cm³/mol. The summed E-state index contributed by atoms with van der Waals surface area (Å²) in [4.78, 5) is 0. The van der Waals surface area contributed by atoms with Gasteiger partial charge in [0.05, 0.1) is 6.61 Å². The Morgan fingerprint density at radius 2 is 2.08 bits per heavy atom. The van der Waals surface area contributed by atoms with Crippen LogP contribution in [0.5, 0.6) is 11.5 Å². The molecular weight excluding hydrogens is 172 g/mol. The molecule has 0 spiro atoms. The van der Waals surface area contributed by atoms with E-state index < -0.39 is 0 Å². The summed E-state index contributed by atoms with van der Waals surface area (Å²) in [6.07, 6.45) is 0. The molecule has 0 bridgehead atoms. The molecule has 2 N–H and O–H groups in total. The molecule has 0 saturated heterocycles. The molecule has 1 aromatic rings. The maximum absolute atomic E-state index is 9.19. The first-order chi connectivity index (χ1) is 6.26. The smallest absolute Gasteiger partial charge is 0.188 e. The van der Waals surface area contributed by atoms with Crippen molar-refractivity contribution < 1.29 is 19.7 Å². The lowest BCUT2D eigenvalue weighted by Gasteiger charge is -2.06. The van der Waals surface area contributed by atoms with E-state index in [1.54, 1.807) is 6.07 Å². The van der Waals surface area contributed by atoms with Crippen LogP contribution in [0, 0.1) is 0 Å². The van der Waals surface area contributed by atoms with Gasteiger partial charge < -0.3 is 19.7 Å². The number of aliphatic hydroxyl groups is 1. The van der Waals surface area contributed by atoms with Crippen LogP contribution >= 0.6 is 0 Å². The van der Waals surface area contributed by atoms with Crippen molar-refractivity contribution in [3.63, 3.8) is 0 Å². The zero-order valence-electron chi connectivity index (χ0n) is 7.36. The van der Waals surface area contributed by atoms with Crippen molar-refractivity contribution in [2.24, 2.45) is 0 Å². The topological polar surface area (TPSA) is 58.9 Å². The maximum Gasteiger partial charge on any atom is 0.188 e. The Bertz CT molecular complexity index is 272. The first kappa shape index (κ1) is 9.83. The standard InChI is InChI=1S/C9H12O4/c1-12-6-13-9-3-7(5-10)2-8(11)4-9/h2-4,10-11H,5-6H2,1H3. The third-order valence-corrected chi connectivity index (χ3v) is 1.48. The van der Waals surface area contributed by atoms with E-state index in [0.29, 0.717) is 11.3 Å². The molecule has 4 heteroatoms. The molecule has 0 unspecified atom stereocenters. The highest BCUT2D eigenvalue weighted by atomic mass is 16.7. The lowest BCUT2D eigenvalue weighted by Crippen LogP contribution is -1.99. The molecule has 0 aliphatic rings. The van der Waals surface area contributed by atoms with Crippen molar-refractivity contribution >= 4 is 0 Å². The molecule has 1 rings (SSSR count). The second-order valence-electron chi connectivity index (χ2n) is 2.54. The first-order valence-corrected chi connectivity index (χ1v) is 3.82. The number of hydrogen-bond acceptors (Lipinski definition) is 4. The number of benzene rings is 1. The molecule has 4 nitrogen and oxygen atoms in total. The zero-order chi connectivity index (χ0) is 9.68. The fraction of sp³-hybridized carbons (Fsp3) is 0.333. The van der Waals surface area contributed by atoms with Gasteiger partial charge in [-0.2, -0.15) is 0 Å². The maximum atomic E-state index is 9.19. The Kier molecular flexibility index (Phi) is 3.54. The number of ether oxygens (including phenoxy) is 2. The lowest BCUT2D eigenvalue weighted by atomic mass is 10.2. The highest BCUT2D eigenvalue weighted by molar-refractivity contribution is 5.37. The van der Waals surface area contributed by atoms with Crippen LogP contribution in [-0.2, 0) is 11.3 Å². The average molecular weight is 184 g/mol. The minimum Gasteiger partial charge on any atom is -0.508 e. The number of aliphatic hydroxyl groups excluding tert-OH is 1. The molecular formula is C9H12O4. The second kappa shape index (κ2) is 4.69. The summed E-state index contributed by atoms with van der Waals surface area (Å²) >= 11 is 0. The van der Waals surface area contributed by atoms with E-state index in [0.717, 1.165) is 0 Å². The van der Waals surface area contributed by atoms with E-state index in [-0.39, 0.29) is 19.1 Å². The Morgan fingerprint density at radius 3 is 2.69 bits per heavy atom. The molecule has 0 amide bonds. The van der Waals surface area contributed by atoms with E-state index in [9.17, 15) is 5.11 Å². The van der Waals surface area contributed by atoms with Crippen LogP contribution in [0.3, 0.4) is 0 Å². The van der Waals surface area contributed by atoms with Crippen molar-refractivity contribution in [1.82, 2.24) is 0 Å². The molecule has 1 aromatic carbocycles. The highest BCUT2D eigenvalue weighted by Gasteiger charge is 1.99. The number of aromatic hydroxyl groups is 1. The van der Waals surface area contributed by atoms with Gasteiger partial charge in [0.15, 0.2) is 6.79 Å². The van der Waals surface area contributed by atoms with Gasteiger partial charge in [-0.05, 0) is 17.7 Å². The molecule has 0 aromatic heterocycles. The van der Waals surface area contributed by atoms with Gasteiger partial charge in [0.2, 0.25) is 0 Å². The van der Waals surface area contributed by atoms with Crippen LogP contribution in [0.15, 0.2) is 18.2 Å². The monoisotopic (exact) mass is 184 g/mol. The van der Waals surface area contributed by atoms with Crippen molar-refractivity contribution in [3.05, 3.63) is 23.8 Å². The van der Waals surface area contributed by atoms with Gasteiger partial charge in [-0.1, -0.05) is 0 Å². The molecule has 0 atom stereocenters. The summed E-state index contributed by atoms with van der Waals surface area (Å²) < 4.78 is 9.78. The number of rotatable bonds is 4. The number of methoxy groups -OCH3 is 1. The molecule has 0 aliphatic carbocycles. The van der Waals surface area contributed by atoms with E-state index in [4.69, 9.17) is 14.6 Å². The summed E-state index contributed by atoms with van der Waals surface area (Å²) in [7, 11) is 1.51. The van der Waals surface area contributed by atoms with Gasteiger partial charge in [-0.15, -0.1) is 0 Å². The van der Waals surface area contributed by atoms with E-state index >= 15 is 0 Å². The summed E-state index contributed by atoms with van der Waals surface area (Å²) in [6.45, 7) is -0.00787. The summed E-state index contributed by atoms with van der Waals surface area (Å²) in [6, 6.07) is 4.57. The number of hydrogen-bond donors (Lipinski definition) is 2. The van der Waals surface area contributed by atoms with Crippen LogP contribution in [0.1, 0.15) is 5.56 Å². The minimum atomic E-state index is -0.127. The first-order valence-electron chi connectivity index (χ1n) is 3.82. The van der Waals surface area contributed by atoms with Crippen molar-refractivity contribution in [1.29, 1.82) is 0 Å². The summed E-state index contributed by atoms with van der Waals surface area (Å²) in [5.41, 5.74) is 0.603. The van der Waals surface area contributed by atoms with Gasteiger partial charge in [-0.3, -0.25) is 0 Å². The zero-order valence-corrected chi connectivity index (χ0v) is 7.36. The quantitative estimate of drug-likeness (QED) is 0.681. The fourth-order valence-corrected chi connectivity index (χ4v) is 0.945. The number of phenols is 1. The Balaban J connectivity index is 2.76. The molecule has 0 aliphatic heterocycles. The average Bonchev–Trinajstić information content (AvgIpc) is 2.14. The molecule has 0 radical (unpaired) electrons. The SMILES string of the molecule is COCOc1cc(O)cc(CO)c1. The molecule has 0 saturated carbocycles. The van der Waals surface area contributed by atoms with Crippen LogP contribution in [0.25, 0.3) is 0 Å². The third kappa shape index (κ3) is 2.93.